The smallest absolute Gasteiger partial charge is 0.357 e. The van der Waals surface area contributed by atoms with E-state index in [1.807, 2.05) is 0 Å². The van der Waals surface area contributed by atoms with Crippen LogP contribution < -0.4 is 4.74 Å². The maximum Gasteiger partial charge on any atom is 0.357 e. The summed E-state index contributed by atoms with van der Waals surface area (Å²) >= 11 is 0. The average molecular weight is 279 g/mol. The number of rotatable bonds is 7. The van der Waals surface area contributed by atoms with Crippen LogP contribution in [0.15, 0.2) is 24.8 Å². The molecule has 0 radical (unpaired) electrons. The van der Waals surface area contributed by atoms with Crippen molar-refractivity contribution in [3.05, 3.63) is 36.2 Å². The van der Waals surface area contributed by atoms with Crippen molar-refractivity contribution in [1.29, 1.82) is 0 Å². The van der Waals surface area contributed by atoms with Crippen molar-refractivity contribution >= 4 is 11.9 Å². The molecular weight excluding hydrogens is 262 g/mol. The maximum atomic E-state index is 11.7. The molecule has 0 fully saturated rings. The summed E-state index contributed by atoms with van der Waals surface area (Å²) in [6.07, 6.45) is 1.55. The van der Waals surface area contributed by atoms with Gasteiger partial charge in [-0.1, -0.05) is 12.7 Å². The van der Waals surface area contributed by atoms with Crippen molar-refractivity contribution < 1.29 is 23.8 Å². The van der Waals surface area contributed by atoms with Crippen LogP contribution in [0.3, 0.4) is 0 Å². The molecule has 0 atom stereocenters. The van der Waals surface area contributed by atoms with Crippen LogP contribution in [0, 0.1) is 0 Å². The van der Waals surface area contributed by atoms with Crippen LogP contribution in [0.2, 0.25) is 0 Å². The van der Waals surface area contributed by atoms with Gasteiger partial charge in [-0.25, -0.2) is 14.6 Å². The van der Waals surface area contributed by atoms with Gasteiger partial charge in [0.05, 0.1) is 13.2 Å². The van der Waals surface area contributed by atoms with Gasteiger partial charge >= 0.3 is 11.9 Å². The highest BCUT2D eigenvalue weighted by atomic mass is 16.5. The summed E-state index contributed by atoms with van der Waals surface area (Å²) in [5, 5.41) is 0. The van der Waals surface area contributed by atoms with E-state index in [-0.39, 0.29) is 31.2 Å². The molecule has 0 saturated heterocycles. The Hall–Kier alpha value is -2.37. The summed E-state index contributed by atoms with van der Waals surface area (Å²) in [6, 6.07) is 2.81. The molecular formula is C14H17NO5. The molecule has 1 aromatic heterocycles. The van der Waals surface area contributed by atoms with Crippen LogP contribution in [0.5, 0.6) is 5.75 Å². The lowest BCUT2D eigenvalue weighted by Gasteiger charge is -2.08. The molecule has 1 rings (SSSR count). The summed E-state index contributed by atoms with van der Waals surface area (Å²) in [5.74, 6) is -0.921. The highest BCUT2D eigenvalue weighted by molar-refractivity contribution is 5.92. The van der Waals surface area contributed by atoms with Crippen LogP contribution in [-0.4, -0.2) is 36.7 Å². The first kappa shape index (κ1) is 15.7. The number of carbonyl (C=O) groups excluding carboxylic acids is 2. The minimum absolute atomic E-state index is 0.00327. The predicted octanol–water partition coefficient (Wildman–Crippen LogP) is 2.00. The van der Waals surface area contributed by atoms with Crippen LogP contribution in [0.1, 0.15) is 34.8 Å². The second-order valence-electron chi connectivity index (χ2n) is 3.61. The Morgan fingerprint density at radius 2 is 1.65 bits per heavy atom. The van der Waals surface area contributed by atoms with Crippen molar-refractivity contribution in [3.63, 3.8) is 0 Å². The maximum absolute atomic E-state index is 11.7. The predicted molar refractivity (Wildman–Crippen MR) is 71.8 cm³/mol. The number of pyridine rings is 1. The van der Waals surface area contributed by atoms with Crippen molar-refractivity contribution in [1.82, 2.24) is 4.98 Å². The molecule has 108 valence electrons. The normalized spacial score (nSPS) is 9.70. The van der Waals surface area contributed by atoms with Gasteiger partial charge in [0.25, 0.3) is 0 Å². The van der Waals surface area contributed by atoms with E-state index in [0.717, 1.165) is 0 Å². The summed E-state index contributed by atoms with van der Waals surface area (Å²) in [7, 11) is 0. The van der Waals surface area contributed by atoms with E-state index in [2.05, 4.69) is 11.6 Å². The summed E-state index contributed by atoms with van der Waals surface area (Å²) in [5.41, 5.74) is -0.00655. The topological polar surface area (TPSA) is 74.7 Å². The second kappa shape index (κ2) is 7.93. The van der Waals surface area contributed by atoms with E-state index in [4.69, 9.17) is 14.2 Å². The van der Waals surface area contributed by atoms with Crippen LogP contribution in [0.25, 0.3) is 0 Å². The Labute approximate surface area is 117 Å². The van der Waals surface area contributed by atoms with Gasteiger partial charge in [-0.2, -0.15) is 0 Å². The average Bonchev–Trinajstić information content (AvgIpc) is 2.45. The Morgan fingerprint density at radius 1 is 1.15 bits per heavy atom. The highest BCUT2D eigenvalue weighted by Gasteiger charge is 2.17. The minimum Gasteiger partial charge on any atom is -0.489 e. The fraction of sp³-hybridized carbons (Fsp3) is 0.357. The van der Waals surface area contributed by atoms with Crippen molar-refractivity contribution in [2.24, 2.45) is 0 Å². The zero-order chi connectivity index (χ0) is 15.0. The van der Waals surface area contributed by atoms with Gasteiger partial charge in [0.2, 0.25) is 0 Å². The van der Waals surface area contributed by atoms with Gasteiger partial charge in [-0.3, -0.25) is 0 Å². The van der Waals surface area contributed by atoms with E-state index in [9.17, 15) is 9.59 Å². The van der Waals surface area contributed by atoms with Gasteiger partial charge in [-0.05, 0) is 13.8 Å². The lowest BCUT2D eigenvalue weighted by molar-refractivity contribution is 0.0510. The first-order valence-corrected chi connectivity index (χ1v) is 6.22. The summed E-state index contributed by atoms with van der Waals surface area (Å²) in [4.78, 5) is 27.3. The van der Waals surface area contributed by atoms with Gasteiger partial charge in [-0.15, -0.1) is 0 Å². The first-order chi connectivity index (χ1) is 9.62. The number of esters is 2. The summed E-state index contributed by atoms with van der Waals surface area (Å²) in [6.45, 7) is 7.57. The fourth-order valence-electron chi connectivity index (χ4n) is 1.36. The van der Waals surface area contributed by atoms with Crippen LogP contribution in [-0.2, 0) is 9.47 Å². The van der Waals surface area contributed by atoms with E-state index in [1.54, 1.807) is 19.9 Å². The van der Waals surface area contributed by atoms with Gasteiger partial charge in [0.15, 0.2) is 11.4 Å². The van der Waals surface area contributed by atoms with E-state index in [0.29, 0.717) is 5.75 Å². The number of carbonyl (C=O) groups is 2. The number of hydrogen-bond donors (Lipinski definition) is 0. The van der Waals surface area contributed by atoms with E-state index in [1.165, 1.54) is 12.1 Å². The Kier molecular flexibility index (Phi) is 6.22. The van der Waals surface area contributed by atoms with Crippen molar-refractivity contribution in [3.8, 4) is 5.75 Å². The third-order valence-corrected chi connectivity index (χ3v) is 2.14. The fourth-order valence-corrected chi connectivity index (χ4v) is 1.36. The lowest BCUT2D eigenvalue weighted by Crippen LogP contribution is -2.13. The molecule has 0 spiro atoms. The molecule has 0 aliphatic rings. The zero-order valence-electron chi connectivity index (χ0n) is 11.5. The van der Waals surface area contributed by atoms with Crippen LogP contribution >= 0.6 is 0 Å². The number of nitrogens with zero attached hydrogens (tertiary/aromatic N) is 1. The molecule has 0 aliphatic carbocycles. The monoisotopic (exact) mass is 279 g/mol. The SMILES string of the molecule is C=CCOc1cc(C(=O)OCC)nc(C(=O)OCC)c1. The molecule has 6 heteroatoms. The number of hydrogen-bond acceptors (Lipinski definition) is 6. The first-order valence-electron chi connectivity index (χ1n) is 6.22. The minimum atomic E-state index is -0.623. The Bertz CT molecular complexity index is 462. The highest BCUT2D eigenvalue weighted by Crippen LogP contribution is 2.16. The van der Waals surface area contributed by atoms with Gasteiger partial charge in [0.1, 0.15) is 12.4 Å². The molecule has 6 nitrogen and oxygen atoms in total. The van der Waals surface area contributed by atoms with E-state index >= 15 is 0 Å². The largest absolute Gasteiger partial charge is 0.489 e. The molecule has 0 amide bonds. The molecule has 0 aliphatic heterocycles. The third kappa shape index (κ3) is 4.38. The van der Waals surface area contributed by atoms with Crippen molar-refractivity contribution in [2.75, 3.05) is 19.8 Å². The zero-order valence-corrected chi connectivity index (χ0v) is 11.5. The molecule has 0 unspecified atom stereocenters. The number of aromatic nitrogens is 1. The van der Waals surface area contributed by atoms with Crippen molar-refractivity contribution in [2.45, 2.75) is 13.8 Å². The summed E-state index contributed by atoms with van der Waals surface area (Å²) < 4.78 is 15.0. The Balaban J connectivity index is 3.09. The Morgan fingerprint density at radius 3 is 2.05 bits per heavy atom. The molecule has 1 heterocycles. The van der Waals surface area contributed by atoms with Gasteiger partial charge in [0, 0.05) is 12.1 Å². The molecule has 0 bridgehead atoms. The van der Waals surface area contributed by atoms with Gasteiger partial charge < -0.3 is 14.2 Å². The second-order valence-corrected chi connectivity index (χ2v) is 3.61. The molecule has 20 heavy (non-hydrogen) atoms. The van der Waals surface area contributed by atoms with Crippen LogP contribution in [0.4, 0.5) is 0 Å². The molecule has 0 saturated carbocycles. The molecule has 0 aromatic carbocycles. The molecule has 0 N–H and O–H groups in total. The quantitative estimate of drug-likeness (QED) is 0.561. The number of ether oxygens (including phenoxy) is 3. The third-order valence-electron chi connectivity index (χ3n) is 2.14. The lowest BCUT2D eigenvalue weighted by atomic mass is 10.2. The standard InChI is InChI=1S/C14H17NO5/c1-4-7-20-10-8-11(13(16)18-5-2)15-12(9-10)14(17)19-6-3/h4,8-9H,1,5-7H2,2-3H3. The molecule has 1 aromatic rings. The van der Waals surface area contributed by atoms with E-state index < -0.39 is 11.9 Å².